The van der Waals surface area contributed by atoms with Crippen LogP contribution in [0.2, 0.25) is 0 Å². The van der Waals surface area contributed by atoms with Crippen LogP contribution in [0.25, 0.3) is 5.53 Å². The molecule has 0 aromatic heterocycles. The molecule has 68 valence electrons. The minimum absolute atomic E-state index is 0.685. The van der Waals surface area contributed by atoms with Crippen molar-refractivity contribution in [2.24, 2.45) is 10.4 Å². The zero-order valence-corrected chi connectivity index (χ0v) is 6.49. The highest BCUT2D eigenvalue weighted by Gasteiger charge is 1.82. The highest BCUT2D eigenvalue weighted by Crippen LogP contribution is 2.04. The highest BCUT2D eigenvalue weighted by atomic mass is 16.7. The van der Waals surface area contributed by atoms with Crippen LogP contribution in [0.3, 0.4) is 0 Å². The number of rotatable bonds is 4. The van der Waals surface area contributed by atoms with Gasteiger partial charge in [0.05, 0.1) is 0 Å². The van der Waals surface area contributed by atoms with Gasteiger partial charge in [-0.2, -0.15) is 5.22 Å². The molecule has 1 aromatic carbocycles. The minimum atomic E-state index is -0.934. The quantitative estimate of drug-likeness (QED) is 0.435. The second-order valence-corrected chi connectivity index (χ2v) is 1.99. The van der Waals surface area contributed by atoms with Crippen LogP contribution in [0.15, 0.2) is 40.8 Å². The molecule has 1 N–H and O–H groups in total. The first kappa shape index (κ1) is 8.91. The summed E-state index contributed by atoms with van der Waals surface area (Å²) in [7, 11) is 0. The van der Waals surface area contributed by atoms with Crippen LogP contribution in [-0.4, -0.2) is 5.03 Å². The summed E-state index contributed by atoms with van der Waals surface area (Å²) >= 11 is 0. The summed E-state index contributed by atoms with van der Waals surface area (Å²) in [6.07, 6.45) is 0. The van der Waals surface area contributed by atoms with Gasteiger partial charge in [-0.05, 0) is 27.9 Å². The van der Waals surface area contributed by atoms with E-state index in [0.717, 1.165) is 0 Å². The van der Waals surface area contributed by atoms with E-state index in [1.165, 1.54) is 0 Å². The third-order valence-electron chi connectivity index (χ3n) is 1.11. The molecule has 0 aliphatic rings. The van der Waals surface area contributed by atoms with E-state index in [0.29, 0.717) is 5.69 Å². The Morgan fingerprint density at radius 1 is 1.38 bits per heavy atom. The maximum absolute atomic E-state index is 9.67. The molecule has 1 aromatic rings. The molecule has 0 aliphatic heterocycles. The second kappa shape index (κ2) is 4.65. The summed E-state index contributed by atoms with van der Waals surface area (Å²) < 4.78 is 0. The predicted molar refractivity (Wildman–Crippen MR) is 45.3 cm³/mol. The van der Waals surface area contributed by atoms with Crippen LogP contribution >= 0.6 is 0 Å². The largest absolute Gasteiger partial charge is 0.355 e. The molecule has 1 rings (SSSR count). The Labute approximate surface area is 73.5 Å². The van der Waals surface area contributed by atoms with Crippen LogP contribution in [-0.2, 0) is 0 Å². The molecule has 0 amide bonds. The molecule has 0 aliphatic carbocycles. The summed E-state index contributed by atoms with van der Waals surface area (Å²) in [4.78, 5) is 9.67. The van der Waals surface area contributed by atoms with Gasteiger partial charge in [0.1, 0.15) is 0 Å². The van der Waals surface area contributed by atoms with Crippen molar-refractivity contribution < 1.29 is 5.03 Å². The van der Waals surface area contributed by atoms with E-state index in [2.05, 4.69) is 21.4 Å². The van der Waals surface area contributed by atoms with Gasteiger partial charge in [-0.15, -0.1) is 0 Å². The van der Waals surface area contributed by atoms with E-state index in [4.69, 9.17) is 0 Å². The van der Waals surface area contributed by atoms with Crippen molar-refractivity contribution in [1.82, 2.24) is 0 Å². The number of anilines is 1. The normalized spacial score (nSPS) is 9.85. The Hall–Kier alpha value is -2.18. The fourth-order valence-corrected chi connectivity index (χ4v) is 0.645. The van der Waals surface area contributed by atoms with Gasteiger partial charge in [-0.3, -0.25) is 0 Å². The van der Waals surface area contributed by atoms with Crippen molar-refractivity contribution in [2.45, 2.75) is 0 Å². The average molecular weight is 180 g/mol. The van der Waals surface area contributed by atoms with Crippen LogP contribution in [0.5, 0.6) is 0 Å². The summed E-state index contributed by atoms with van der Waals surface area (Å²) in [6, 6.07) is 8.91. The Morgan fingerprint density at radius 3 is 2.69 bits per heavy atom. The summed E-state index contributed by atoms with van der Waals surface area (Å²) in [5, 5.41) is 14.9. The Kier molecular flexibility index (Phi) is 3.19. The van der Waals surface area contributed by atoms with E-state index in [-0.39, 0.29) is 0 Å². The minimum Gasteiger partial charge on any atom is -0.355 e. The third-order valence-corrected chi connectivity index (χ3v) is 1.11. The number of hydrogen-bond donors (Lipinski definition) is 1. The molecule has 0 spiro atoms. The maximum atomic E-state index is 9.67. The lowest BCUT2D eigenvalue weighted by atomic mass is 10.3. The molecule has 0 saturated heterocycles. The number of nitrogens with one attached hydrogen (secondary N) is 1. The van der Waals surface area contributed by atoms with Gasteiger partial charge in [0.25, 0.3) is 0 Å². The smallest absolute Gasteiger partial charge is 0.0395 e. The van der Waals surface area contributed by atoms with Gasteiger partial charge in [0, 0.05) is 5.69 Å². The molecule has 7 nitrogen and oxygen atoms in total. The zero-order chi connectivity index (χ0) is 9.52. The van der Waals surface area contributed by atoms with Crippen LogP contribution in [0, 0.1) is 10.1 Å². The SMILES string of the molecule is O=[N+]([O-])[N-]N=NNc1ccccc1. The fraction of sp³-hybridized carbons (Fsp3) is 0. The van der Waals surface area contributed by atoms with E-state index in [9.17, 15) is 10.1 Å². The monoisotopic (exact) mass is 180 g/mol. The van der Waals surface area contributed by atoms with Crippen molar-refractivity contribution in [3.05, 3.63) is 46.0 Å². The lowest BCUT2D eigenvalue weighted by Gasteiger charge is -1.99. The molecule has 13 heavy (non-hydrogen) atoms. The maximum Gasteiger partial charge on any atom is 0.0395 e. The van der Waals surface area contributed by atoms with Crippen LogP contribution in [0.1, 0.15) is 0 Å². The van der Waals surface area contributed by atoms with Crippen molar-refractivity contribution in [3.63, 3.8) is 0 Å². The Balaban J connectivity index is 2.35. The predicted octanol–water partition coefficient (Wildman–Crippen LogP) is 1.95. The number of benzene rings is 1. The second-order valence-electron chi connectivity index (χ2n) is 1.99. The van der Waals surface area contributed by atoms with Crippen LogP contribution < -0.4 is 5.43 Å². The molecule has 0 fully saturated rings. The summed E-state index contributed by atoms with van der Waals surface area (Å²) in [5.41, 5.74) is 5.70. The lowest BCUT2D eigenvalue weighted by molar-refractivity contribution is -0.428. The number of nitro groups is 1. The first-order chi connectivity index (χ1) is 6.29. The van der Waals surface area contributed by atoms with Crippen molar-refractivity contribution in [1.29, 1.82) is 0 Å². The van der Waals surface area contributed by atoms with E-state index < -0.39 is 5.03 Å². The number of nitrogens with zero attached hydrogens (tertiary/aromatic N) is 4. The zero-order valence-electron chi connectivity index (χ0n) is 6.49. The Morgan fingerprint density at radius 2 is 2.08 bits per heavy atom. The van der Waals surface area contributed by atoms with Crippen molar-refractivity contribution >= 4 is 5.69 Å². The van der Waals surface area contributed by atoms with Crippen molar-refractivity contribution in [3.8, 4) is 0 Å². The van der Waals surface area contributed by atoms with E-state index in [1.54, 1.807) is 24.3 Å². The molecule has 0 saturated carbocycles. The summed E-state index contributed by atoms with van der Waals surface area (Å²) in [6.45, 7) is 0. The highest BCUT2D eigenvalue weighted by molar-refractivity contribution is 5.41. The van der Waals surface area contributed by atoms with Gasteiger partial charge in [-0.25, -0.2) is 0 Å². The van der Waals surface area contributed by atoms with Gasteiger partial charge < -0.3 is 15.5 Å². The van der Waals surface area contributed by atoms with Gasteiger partial charge in [0.15, 0.2) is 0 Å². The van der Waals surface area contributed by atoms with Crippen molar-refractivity contribution in [2.75, 3.05) is 5.43 Å². The van der Waals surface area contributed by atoms with Crippen LogP contribution in [0.4, 0.5) is 5.69 Å². The molecule has 0 radical (unpaired) electrons. The van der Waals surface area contributed by atoms with Gasteiger partial charge in [-0.1, -0.05) is 18.2 Å². The summed E-state index contributed by atoms with van der Waals surface area (Å²) in [5.74, 6) is 0. The fourth-order valence-electron chi connectivity index (χ4n) is 0.645. The van der Waals surface area contributed by atoms with Gasteiger partial charge >= 0.3 is 0 Å². The number of para-hydroxylation sites is 1. The van der Waals surface area contributed by atoms with E-state index in [1.807, 2.05) is 6.07 Å². The standard InChI is InChI=1S/C6H6N5O2/c12-11(13)10-9-8-7-6-4-2-1-3-5-6/h1-5H,(H-,7,8,9,10)/q-1. The Bertz CT molecular complexity index is 299. The molecular weight excluding hydrogens is 174 g/mol. The first-order valence-electron chi connectivity index (χ1n) is 3.35. The number of hydrogen-bond acceptors (Lipinski definition) is 4. The average Bonchev–Trinajstić information content (AvgIpc) is 2.14. The molecule has 0 bridgehead atoms. The molecule has 0 atom stereocenters. The van der Waals surface area contributed by atoms with E-state index >= 15 is 0 Å². The lowest BCUT2D eigenvalue weighted by Crippen LogP contribution is -1.87. The third kappa shape index (κ3) is 3.65. The molecular formula is C6H6N5O2-. The topological polar surface area (TPSA) is 94.0 Å². The molecule has 7 heteroatoms. The molecule has 0 heterocycles. The van der Waals surface area contributed by atoms with Gasteiger partial charge in [0.2, 0.25) is 0 Å². The molecule has 0 unspecified atom stereocenters. The first-order valence-corrected chi connectivity index (χ1v) is 3.35.